The summed E-state index contributed by atoms with van der Waals surface area (Å²) in [7, 11) is 0. The Labute approximate surface area is 131 Å². The highest BCUT2D eigenvalue weighted by atomic mass is 16.6. The first-order chi connectivity index (χ1) is 10.6. The number of hydrogen-bond acceptors (Lipinski definition) is 3. The predicted molar refractivity (Wildman–Crippen MR) is 85.8 cm³/mol. The Hall–Kier alpha value is -2.10. The van der Waals surface area contributed by atoms with E-state index in [1.54, 1.807) is 17.0 Å². The van der Waals surface area contributed by atoms with Crippen molar-refractivity contribution in [2.24, 2.45) is 5.92 Å². The zero-order valence-electron chi connectivity index (χ0n) is 13.0. The lowest BCUT2D eigenvalue weighted by Crippen LogP contribution is -2.48. The van der Waals surface area contributed by atoms with Crippen LogP contribution in [0.15, 0.2) is 43.0 Å². The Kier molecular flexibility index (Phi) is 5.75. The first-order valence-corrected chi connectivity index (χ1v) is 7.76. The summed E-state index contributed by atoms with van der Waals surface area (Å²) in [6.45, 7) is 6.30. The van der Waals surface area contributed by atoms with Crippen molar-refractivity contribution < 1.29 is 14.3 Å². The van der Waals surface area contributed by atoms with Crippen LogP contribution in [0.5, 0.6) is 5.75 Å². The molecule has 1 amide bonds. The monoisotopic (exact) mass is 301 g/mol. The van der Waals surface area contributed by atoms with Gasteiger partial charge in [-0.15, -0.1) is 6.58 Å². The number of nitrogens with zero attached hydrogens (tertiary/aromatic N) is 1. The van der Waals surface area contributed by atoms with Crippen molar-refractivity contribution in [1.29, 1.82) is 0 Å². The number of hydrogen-bond donors (Lipinski definition) is 0. The zero-order valence-corrected chi connectivity index (χ0v) is 13.0. The maximum absolute atomic E-state index is 12.4. The summed E-state index contributed by atoms with van der Waals surface area (Å²) >= 11 is 0. The normalized spacial score (nSPS) is 19.6. The van der Waals surface area contributed by atoms with Crippen LogP contribution in [0.3, 0.4) is 0 Å². The van der Waals surface area contributed by atoms with Gasteiger partial charge in [0.2, 0.25) is 0 Å². The van der Waals surface area contributed by atoms with Crippen LogP contribution in [-0.4, -0.2) is 29.4 Å². The average Bonchev–Trinajstić information content (AvgIpc) is 2.48. The molecule has 0 saturated carbocycles. The molecule has 2 atom stereocenters. The van der Waals surface area contributed by atoms with Crippen molar-refractivity contribution in [3.05, 3.63) is 43.0 Å². The number of para-hydroxylation sites is 1. The molecule has 1 saturated heterocycles. The molecule has 1 heterocycles. The smallest absolute Gasteiger partial charge is 0.410 e. The van der Waals surface area contributed by atoms with E-state index in [1.165, 1.54) is 0 Å². The quantitative estimate of drug-likeness (QED) is 0.777. The van der Waals surface area contributed by atoms with Crippen molar-refractivity contribution in [2.45, 2.75) is 38.6 Å². The molecule has 1 aliphatic heterocycles. The van der Waals surface area contributed by atoms with E-state index in [4.69, 9.17) is 4.74 Å². The van der Waals surface area contributed by atoms with Gasteiger partial charge in [0.1, 0.15) is 11.5 Å². The Morgan fingerprint density at radius 3 is 2.86 bits per heavy atom. The molecule has 0 aliphatic carbocycles. The van der Waals surface area contributed by atoms with Crippen LogP contribution in [0, 0.1) is 5.92 Å². The molecular formula is C18H23NO3. The van der Waals surface area contributed by atoms with E-state index in [-0.39, 0.29) is 17.9 Å². The van der Waals surface area contributed by atoms with Gasteiger partial charge in [-0.05, 0) is 30.9 Å². The number of likely N-dealkylation sites (tertiary alicyclic amines) is 1. The Morgan fingerprint density at radius 1 is 1.45 bits per heavy atom. The summed E-state index contributed by atoms with van der Waals surface area (Å²) < 4.78 is 5.42. The third kappa shape index (κ3) is 4.45. The summed E-state index contributed by atoms with van der Waals surface area (Å²) in [4.78, 5) is 25.8. The molecule has 0 aromatic heterocycles. The number of Topliss-reactive ketones (excluding diaryl/α,β-unsaturated/α-hetero) is 1. The van der Waals surface area contributed by atoms with Crippen LogP contribution in [-0.2, 0) is 4.79 Å². The Morgan fingerprint density at radius 2 is 2.18 bits per heavy atom. The zero-order chi connectivity index (χ0) is 15.9. The van der Waals surface area contributed by atoms with E-state index in [2.05, 4.69) is 13.5 Å². The standard InChI is InChI=1S/C18H23NO3/c1-3-7-14(2)12-15-13-16(20)10-11-19(15)18(21)22-17-8-5-4-6-9-17/h3-6,8-9,14-15H,1,7,10-13H2,2H3/t14-,15-/m0/s1. The van der Waals surface area contributed by atoms with Crippen molar-refractivity contribution >= 4 is 11.9 Å². The van der Waals surface area contributed by atoms with Crippen LogP contribution in [0.2, 0.25) is 0 Å². The first-order valence-electron chi connectivity index (χ1n) is 7.76. The average molecular weight is 301 g/mol. The lowest BCUT2D eigenvalue weighted by molar-refractivity contribution is -0.122. The maximum Gasteiger partial charge on any atom is 0.415 e. The third-order valence-corrected chi connectivity index (χ3v) is 3.96. The summed E-state index contributed by atoms with van der Waals surface area (Å²) in [5, 5.41) is 0. The number of carbonyl (C=O) groups excluding carboxylic acids is 2. The van der Waals surface area contributed by atoms with Crippen molar-refractivity contribution in [1.82, 2.24) is 4.90 Å². The molecule has 1 aromatic carbocycles. The van der Waals surface area contributed by atoms with Gasteiger partial charge in [-0.25, -0.2) is 4.79 Å². The van der Waals surface area contributed by atoms with E-state index in [0.717, 1.165) is 12.8 Å². The van der Waals surface area contributed by atoms with Crippen LogP contribution < -0.4 is 4.74 Å². The van der Waals surface area contributed by atoms with E-state index in [1.807, 2.05) is 24.3 Å². The fourth-order valence-electron chi connectivity index (χ4n) is 2.85. The molecule has 0 radical (unpaired) electrons. The van der Waals surface area contributed by atoms with E-state index >= 15 is 0 Å². The number of rotatable bonds is 5. The van der Waals surface area contributed by atoms with E-state index in [0.29, 0.717) is 31.1 Å². The molecule has 22 heavy (non-hydrogen) atoms. The van der Waals surface area contributed by atoms with E-state index in [9.17, 15) is 9.59 Å². The molecule has 2 rings (SSSR count). The molecule has 4 nitrogen and oxygen atoms in total. The van der Waals surface area contributed by atoms with Crippen LogP contribution in [0.1, 0.15) is 32.6 Å². The van der Waals surface area contributed by atoms with Gasteiger partial charge in [0, 0.05) is 25.4 Å². The van der Waals surface area contributed by atoms with Crippen LogP contribution >= 0.6 is 0 Å². The lowest BCUT2D eigenvalue weighted by Gasteiger charge is -2.35. The molecule has 0 unspecified atom stereocenters. The van der Waals surface area contributed by atoms with Crippen molar-refractivity contribution in [3.63, 3.8) is 0 Å². The van der Waals surface area contributed by atoms with E-state index < -0.39 is 0 Å². The largest absolute Gasteiger partial charge is 0.415 e. The van der Waals surface area contributed by atoms with Gasteiger partial charge in [-0.1, -0.05) is 31.2 Å². The first kappa shape index (κ1) is 16.3. The highest BCUT2D eigenvalue weighted by Crippen LogP contribution is 2.24. The van der Waals surface area contributed by atoms with Gasteiger partial charge in [-0.3, -0.25) is 4.79 Å². The Bertz CT molecular complexity index is 526. The molecule has 1 aliphatic rings. The molecule has 0 N–H and O–H groups in total. The molecule has 1 fully saturated rings. The number of ether oxygens (including phenoxy) is 1. The van der Waals surface area contributed by atoms with Gasteiger partial charge in [0.25, 0.3) is 0 Å². The van der Waals surface area contributed by atoms with Crippen molar-refractivity contribution in [3.8, 4) is 5.75 Å². The fraction of sp³-hybridized carbons (Fsp3) is 0.444. The topological polar surface area (TPSA) is 46.6 Å². The molecule has 4 heteroatoms. The lowest BCUT2D eigenvalue weighted by atomic mass is 9.91. The summed E-state index contributed by atoms with van der Waals surface area (Å²) in [5.74, 6) is 1.14. The number of amides is 1. The minimum Gasteiger partial charge on any atom is -0.410 e. The van der Waals surface area contributed by atoms with Crippen LogP contribution in [0.25, 0.3) is 0 Å². The van der Waals surface area contributed by atoms with Gasteiger partial charge in [0.15, 0.2) is 0 Å². The third-order valence-electron chi connectivity index (χ3n) is 3.96. The second kappa shape index (κ2) is 7.78. The number of ketones is 1. The number of carbonyl (C=O) groups is 2. The Balaban J connectivity index is 2.03. The molecular weight excluding hydrogens is 278 g/mol. The summed E-state index contributed by atoms with van der Waals surface area (Å²) in [5.41, 5.74) is 0. The highest BCUT2D eigenvalue weighted by Gasteiger charge is 2.32. The van der Waals surface area contributed by atoms with Crippen LogP contribution in [0.4, 0.5) is 4.79 Å². The van der Waals surface area contributed by atoms with Gasteiger partial charge in [0.05, 0.1) is 0 Å². The number of piperidine rings is 1. The molecule has 118 valence electrons. The highest BCUT2D eigenvalue weighted by molar-refractivity contribution is 5.82. The van der Waals surface area contributed by atoms with Crippen molar-refractivity contribution in [2.75, 3.05) is 6.54 Å². The second-order valence-corrected chi connectivity index (χ2v) is 5.89. The predicted octanol–water partition coefficient (Wildman–Crippen LogP) is 3.82. The molecule has 0 spiro atoms. The van der Waals surface area contributed by atoms with Gasteiger partial charge in [-0.2, -0.15) is 0 Å². The minimum atomic E-state index is -0.366. The molecule has 0 bridgehead atoms. The number of allylic oxidation sites excluding steroid dienone is 1. The second-order valence-electron chi connectivity index (χ2n) is 5.89. The summed E-state index contributed by atoms with van der Waals surface area (Å²) in [6, 6.07) is 8.95. The van der Waals surface area contributed by atoms with Gasteiger partial charge < -0.3 is 9.64 Å². The number of benzene rings is 1. The maximum atomic E-state index is 12.4. The summed E-state index contributed by atoms with van der Waals surface area (Å²) in [6.07, 6.45) is 4.02. The van der Waals surface area contributed by atoms with Gasteiger partial charge >= 0.3 is 6.09 Å². The minimum absolute atomic E-state index is 0.0765. The fourth-order valence-corrected chi connectivity index (χ4v) is 2.85. The molecule has 1 aromatic rings. The SMILES string of the molecule is C=CC[C@H](C)C[C@H]1CC(=O)CCN1C(=O)Oc1ccccc1.